The molecule has 1 heterocycles. The lowest BCUT2D eigenvalue weighted by molar-refractivity contribution is -0.0350. The number of benzene rings is 2. The summed E-state index contributed by atoms with van der Waals surface area (Å²) >= 11 is 0. The van der Waals surface area contributed by atoms with Crippen LogP contribution in [0, 0.1) is 0 Å². The van der Waals surface area contributed by atoms with Gasteiger partial charge in [-0.25, -0.2) is 0 Å². The Kier molecular flexibility index (Phi) is 3.43. The standard InChI is InChI=1S/C15H15NO4S/c1-2-9-21(18,19)20-16-10-12-7-3-5-11-6-4-8-13(14(11)12)15(16)17/h3-8H,2,9-10H2,1H3. The molecule has 6 heteroatoms. The molecule has 0 saturated carbocycles. The molecule has 0 N–H and O–H groups in total. The summed E-state index contributed by atoms with van der Waals surface area (Å²) in [5.74, 6) is -0.526. The first-order valence-electron chi connectivity index (χ1n) is 6.76. The Morgan fingerprint density at radius 2 is 1.90 bits per heavy atom. The lowest BCUT2D eigenvalue weighted by Gasteiger charge is -2.27. The van der Waals surface area contributed by atoms with Gasteiger partial charge in [0.2, 0.25) is 0 Å². The summed E-state index contributed by atoms with van der Waals surface area (Å²) < 4.78 is 28.5. The summed E-state index contributed by atoms with van der Waals surface area (Å²) in [6, 6.07) is 11.1. The van der Waals surface area contributed by atoms with Crippen LogP contribution in [-0.4, -0.2) is 25.1 Å². The van der Waals surface area contributed by atoms with Crippen LogP contribution < -0.4 is 0 Å². The molecule has 0 bridgehead atoms. The van der Waals surface area contributed by atoms with E-state index in [1.54, 1.807) is 19.1 Å². The largest absolute Gasteiger partial charge is 0.288 e. The van der Waals surface area contributed by atoms with Gasteiger partial charge in [-0.2, -0.15) is 13.5 Å². The molecule has 0 atom stereocenters. The van der Waals surface area contributed by atoms with Gasteiger partial charge >= 0.3 is 0 Å². The van der Waals surface area contributed by atoms with Crippen molar-refractivity contribution in [2.75, 3.05) is 5.75 Å². The van der Waals surface area contributed by atoms with Gasteiger partial charge in [0.1, 0.15) is 0 Å². The van der Waals surface area contributed by atoms with Gasteiger partial charge in [-0.15, -0.1) is 4.28 Å². The summed E-state index contributed by atoms with van der Waals surface area (Å²) in [6.07, 6.45) is 0.441. The van der Waals surface area contributed by atoms with Crippen LogP contribution in [0.3, 0.4) is 0 Å². The van der Waals surface area contributed by atoms with Crippen molar-refractivity contribution in [2.24, 2.45) is 0 Å². The second kappa shape index (κ2) is 5.13. The highest BCUT2D eigenvalue weighted by Crippen LogP contribution is 2.30. The SMILES string of the molecule is CCCS(=O)(=O)ON1Cc2cccc3cccc(c23)C1=O. The van der Waals surface area contributed by atoms with E-state index in [0.29, 0.717) is 12.0 Å². The van der Waals surface area contributed by atoms with E-state index < -0.39 is 16.0 Å². The third-order valence-corrected chi connectivity index (χ3v) is 4.73. The van der Waals surface area contributed by atoms with E-state index in [2.05, 4.69) is 0 Å². The number of carbonyl (C=O) groups excluding carboxylic acids is 1. The van der Waals surface area contributed by atoms with Crippen molar-refractivity contribution in [3.8, 4) is 0 Å². The van der Waals surface area contributed by atoms with Crippen LogP contribution in [0.5, 0.6) is 0 Å². The molecule has 0 aliphatic carbocycles. The zero-order valence-electron chi connectivity index (χ0n) is 11.6. The summed E-state index contributed by atoms with van der Waals surface area (Å²) in [5.41, 5.74) is 1.36. The Labute approximate surface area is 123 Å². The topological polar surface area (TPSA) is 63.7 Å². The van der Waals surface area contributed by atoms with Crippen molar-refractivity contribution in [1.82, 2.24) is 5.06 Å². The molecular weight excluding hydrogens is 290 g/mol. The molecule has 110 valence electrons. The number of amides is 1. The smallest absolute Gasteiger partial charge is 0.267 e. The predicted octanol–water partition coefficient (Wildman–Crippen LogP) is 2.47. The fourth-order valence-electron chi connectivity index (χ4n) is 2.57. The minimum absolute atomic E-state index is 0.109. The van der Waals surface area contributed by atoms with Crippen LogP contribution in [-0.2, 0) is 20.9 Å². The van der Waals surface area contributed by atoms with Gasteiger partial charge in [-0.3, -0.25) is 4.79 Å². The molecule has 0 saturated heterocycles. The quantitative estimate of drug-likeness (QED) is 0.870. The molecular formula is C15H15NO4S. The molecule has 0 radical (unpaired) electrons. The zero-order valence-corrected chi connectivity index (χ0v) is 12.4. The third-order valence-electron chi connectivity index (χ3n) is 3.42. The number of hydroxylamine groups is 2. The summed E-state index contributed by atoms with van der Waals surface area (Å²) in [6.45, 7) is 1.88. The first kappa shape index (κ1) is 14.0. The van der Waals surface area contributed by atoms with Crippen molar-refractivity contribution in [1.29, 1.82) is 0 Å². The summed E-state index contributed by atoms with van der Waals surface area (Å²) in [4.78, 5) is 12.4. The monoisotopic (exact) mass is 305 g/mol. The van der Waals surface area contributed by atoms with E-state index >= 15 is 0 Å². The van der Waals surface area contributed by atoms with E-state index in [9.17, 15) is 13.2 Å². The van der Waals surface area contributed by atoms with Crippen LogP contribution in [0.25, 0.3) is 10.8 Å². The molecule has 0 fully saturated rings. The van der Waals surface area contributed by atoms with E-state index in [1.807, 2.05) is 24.3 Å². The Balaban J connectivity index is 2.02. The maximum absolute atomic E-state index is 12.4. The summed E-state index contributed by atoms with van der Waals surface area (Å²) in [7, 11) is -3.73. The van der Waals surface area contributed by atoms with Gasteiger partial charge < -0.3 is 0 Å². The van der Waals surface area contributed by atoms with E-state index in [-0.39, 0.29) is 12.3 Å². The number of rotatable bonds is 4. The Bertz CT molecular complexity index is 808. The number of nitrogens with zero attached hydrogens (tertiary/aromatic N) is 1. The number of carbonyl (C=O) groups is 1. The Morgan fingerprint density at radius 1 is 1.19 bits per heavy atom. The molecule has 1 aliphatic heterocycles. The highest BCUT2D eigenvalue weighted by Gasteiger charge is 2.29. The van der Waals surface area contributed by atoms with Crippen LogP contribution >= 0.6 is 0 Å². The molecule has 1 aliphatic rings. The van der Waals surface area contributed by atoms with Gasteiger partial charge in [-0.05, 0) is 28.8 Å². The third kappa shape index (κ3) is 2.52. The van der Waals surface area contributed by atoms with Crippen molar-refractivity contribution in [3.05, 3.63) is 47.5 Å². The highest BCUT2D eigenvalue weighted by molar-refractivity contribution is 7.86. The predicted molar refractivity (Wildman–Crippen MR) is 79.0 cm³/mol. The number of hydrogen-bond donors (Lipinski definition) is 0. The molecule has 3 rings (SSSR count). The highest BCUT2D eigenvalue weighted by atomic mass is 32.2. The zero-order chi connectivity index (χ0) is 15.0. The fourth-order valence-corrected chi connectivity index (χ4v) is 3.54. The van der Waals surface area contributed by atoms with E-state index in [1.165, 1.54) is 0 Å². The van der Waals surface area contributed by atoms with Crippen molar-refractivity contribution < 1.29 is 17.5 Å². The van der Waals surface area contributed by atoms with Gasteiger partial charge in [0.05, 0.1) is 12.3 Å². The second-order valence-electron chi connectivity index (χ2n) is 5.00. The molecule has 0 unspecified atom stereocenters. The first-order valence-corrected chi connectivity index (χ1v) is 8.34. The number of hydrogen-bond acceptors (Lipinski definition) is 4. The molecule has 5 nitrogen and oxygen atoms in total. The van der Waals surface area contributed by atoms with Gasteiger partial charge in [0.15, 0.2) is 0 Å². The van der Waals surface area contributed by atoms with Crippen molar-refractivity contribution >= 4 is 26.8 Å². The average Bonchev–Trinajstić information content (AvgIpc) is 2.44. The summed E-state index contributed by atoms with van der Waals surface area (Å²) in [5, 5.41) is 2.77. The minimum atomic E-state index is -3.73. The average molecular weight is 305 g/mol. The maximum atomic E-state index is 12.4. The van der Waals surface area contributed by atoms with Gasteiger partial charge in [0.25, 0.3) is 16.0 Å². The maximum Gasteiger partial charge on any atom is 0.288 e. The van der Waals surface area contributed by atoms with Crippen LogP contribution in [0.4, 0.5) is 0 Å². The Morgan fingerprint density at radius 3 is 2.62 bits per heavy atom. The lowest BCUT2D eigenvalue weighted by Crippen LogP contribution is -2.36. The first-order chi connectivity index (χ1) is 10.0. The second-order valence-corrected chi connectivity index (χ2v) is 6.67. The molecule has 2 aromatic carbocycles. The molecule has 1 amide bonds. The van der Waals surface area contributed by atoms with Crippen molar-refractivity contribution in [3.63, 3.8) is 0 Å². The van der Waals surface area contributed by atoms with Crippen molar-refractivity contribution in [2.45, 2.75) is 19.9 Å². The van der Waals surface area contributed by atoms with Crippen LogP contribution in [0.2, 0.25) is 0 Å². The molecule has 0 aromatic heterocycles. The van der Waals surface area contributed by atoms with E-state index in [0.717, 1.165) is 21.4 Å². The van der Waals surface area contributed by atoms with Gasteiger partial charge in [-0.1, -0.05) is 37.3 Å². The molecule has 0 spiro atoms. The van der Waals surface area contributed by atoms with Crippen LogP contribution in [0.1, 0.15) is 29.3 Å². The van der Waals surface area contributed by atoms with Crippen LogP contribution in [0.15, 0.2) is 36.4 Å². The normalized spacial score (nSPS) is 14.7. The molecule has 2 aromatic rings. The minimum Gasteiger partial charge on any atom is -0.267 e. The van der Waals surface area contributed by atoms with E-state index in [4.69, 9.17) is 4.28 Å². The Hall–Kier alpha value is -1.92. The molecule has 21 heavy (non-hydrogen) atoms. The fraction of sp³-hybridized carbons (Fsp3) is 0.267. The lowest BCUT2D eigenvalue weighted by atomic mass is 9.96. The van der Waals surface area contributed by atoms with Gasteiger partial charge in [0, 0.05) is 5.56 Å².